The Kier molecular flexibility index (Phi) is 5.83. The van der Waals surface area contributed by atoms with Crippen LogP contribution in [-0.4, -0.2) is 36.8 Å². The topological polar surface area (TPSA) is 61.4 Å². The van der Waals surface area contributed by atoms with E-state index in [0.717, 1.165) is 6.42 Å². The zero-order valence-corrected chi connectivity index (χ0v) is 10.4. The summed E-state index contributed by atoms with van der Waals surface area (Å²) in [6, 6.07) is -0.260. The van der Waals surface area contributed by atoms with E-state index in [1.807, 2.05) is 0 Å². The lowest BCUT2D eigenvalue weighted by Gasteiger charge is -2.23. The van der Waals surface area contributed by atoms with Crippen molar-refractivity contribution in [2.75, 3.05) is 13.6 Å². The fraction of sp³-hybridized carbons (Fsp3) is 0.909. The molecular formula is C11H24N2O2. The first kappa shape index (κ1) is 14.4. The van der Waals surface area contributed by atoms with Crippen molar-refractivity contribution in [1.29, 1.82) is 0 Å². The van der Waals surface area contributed by atoms with Crippen molar-refractivity contribution in [3.8, 4) is 0 Å². The van der Waals surface area contributed by atoms with Crippen LogP contribution in [0.4, 0.5) is 0 Å². The van der Waals surface area contributed by atoms with Crippen LogP contribution in [0.1, 0.15) is 34.1 Å². The van der Waals surface area contributed by atoms with Gasteiger partial charge in [0.1, 0.15) is 0 Å². The molecule has 2 unspecified atom stereocenters. The Morgan fingerprint density at radius 2 is 1.93 bits per heavy atom. The second kappa shape index (κ2) is 6.08. The number of likely N-dealkylation sites (N-methyl/N-ethyl adjacent to an activating group) is 1. The van der Waals surface area contributed by atoms with Gasteiger partial charge in [-0.25, -0.2) is 0 Å². The van der Waals surface area contributed by atoms with E-state index in [0.29, 0.717) is 6.54 Å². The van der Waals surface area contributed by atoms with Crippen molar-refractivity contribution in [2.45, 2.75) is 46.3 Å². The van der Waals surface area contributed by atoms with Crippen molar-refractivity contribution in [3.63, 3.8) is 0 Å². The predicted molar refractivity (Wildman–Crippen MR) is 61.6 cm³/mol. The molecule has 15 heavy (non-hydrogen) atoms. The first-order chi connectivity index (χ1) is 6.76. The molecule has 0 aromatic heterocycles. The molecule has 0 aromatic rings. The molecule has 0 aliphatic rings. The highest BCUT2D eigenvalue weighted by Gasteiger charge is 2.18. The Morgan fingerprint density at radius 3 is 2.33 bits per heavy atom. The van der Waals surface area contributed by atoms with E-state index >= 15 is 0 Å². The summed E-state index contributed by atoms with van der Waals surface area (Å²) in [5, 5.41) is 15.2. The van der Waals surface area contributed by atoms with E-state index in [1.165, 1.54) is 0 Å². The van der Waals surface area contributed by atoms with Gasteiger partial charge >= 0.3 is 0 Å². The van der Waals surface area contributed by atoms with Crippen LogP contribution in [-0.2, 0) is 4.79 Å². The molecule has 0 rings (SSSR count). The van der Waals surface area contributed by atoms with Gasteiger partial charge in [0.25, 0.3) is 0 Å². The van der Waals surface area contributed by atoms with Crippen LogP contribution >= 0.6 is 0 Å². The van der Waals surface area contributed by atoms with Gasteiger partial charge in [0.2, 0.25) is 5.91 Å². The smallest absolute Gasteiger partial charge is 0.236 e. The highest BCUT2D eigenvalue weighted by molar-refractivity contribution is 5.80. The third-order valence-corrected chi connectivity index (χ3v) is 2.15. The van der Waals surface area contributed by atoms with E-state index in [9.17, 15) is 9.90 Å². The van der Waals surface area contributed by atoms with Gasteiger partial charge in [0.05, 0.1) is 12.1 Å². The summed E-state index contributed by atoms with van der Waals surface area (Å²) in [7, 11) is 1.60. The number of hydrogen-bond donors (Lipinski definition) is 3. The Bertz CT molecular complexity index is 199. The minimum Gasteiger partial charge on any atom is -0.392 e. The van der Waals surface area contributed by atoms with Crippen LogP contribution in [0.2, 0.25) is 0 Å². The molecule has 2 atom stereocenters. The Hall–Kier alpha value is -0.610. The van der Waals surface area contributed by atoms with Gasteiger partial charge in [0, 0.05) is 13.6 Å². The Morgan fingerprint density at radius 1 is 1.40 bits per heavy atom. The molecule has 0 aromatic carbocycles. The highest BCUT2D eigenvalue weighted by atomic mass is 16.3. The summed E-state index contributed by atoms with van der Waals surface area (Å²) >= 11 is 0. The van der Waals surface area contributed by atoms with Crippen LogP contribution in [0.15, 0.2) is 0 Å². The highest BCUT2D eigenvalue weighted by Crippen LogP contribution is 2.20. The summed E-state index contributed by atoms with van der Waals surface area (Å²) in [5.41, 5.74) is 0.108. The summed E-state index contributed by atoms with van der Waals surface area (Å²) in [4.78, 5) is 11.2. The molecule has 4 nitrogen and oxygen atoms in total. The first-order valence-corrected chi connectivity index (χ1v) is 5.39. The second-order valence-electron chi connectivity index (χ2n) is 5.16. The molecule has 0 bridgehead atoms. The van der Waals surface area contributed by atoms with E-state index in [-0.39, 0.29) is 17.4 Å². The van der Waals surface area contributed by atoms with E-state index in [2.05, 4.69) is 31.4 Å². The SMILES string of the molecule is CNC(=O)C(C)NCC(O)CC(C)(C)C. The van der Waals surface area contributed by atoms with Crippen molar-refractivity contribution in [3.05, 3.63) is 0 Å². The average Bonchev–Trinajstić information content (AvgIpc) is 2.10. The monoisotopic (exact) mass is 216 g/mol. The van der Waals surface area contributed by atoms with Gasteiger partial charge < -0.3 is 15.7 Å². The quantitative estimate of drug-likeness (QED) is 0.627. The number of nitrogens with one attached hydrogen (secondary N) is 2. The maximum absolute atomic E-state index is 11.2. The van der Waals surface area contributed by atoms with Crippen molar-refractivity contribution in [2.24, 2.45) is 5.41 Å². The van der Waals surface area contributed by atoms with E-state index in [1.54, 1.807) is 14.0 Å². The van der Waals surface area contributed by atoms with Gasteiger partial charge in [0.15, 0.2) is 0 Å². The average molecular weight is 216 g/mol. The number of amides is 1. The molecule has 0 radical (unpaired) electrons. The molecule has 1 amide bonds. The molecule has 0 saturated heterocycles. The summed E-state index contributed by atoms with van der Waals surface area (Å²) in [6.07, 6.45) is 0.317. The number of hydrogen-bond acceptors (Lipinski definition) is 3. The van der Waals surface area contributed by atoms with Gasteiger partial charge in [-0.15, -0.1) is 0 Å². The lowest BCUT2D eigenvalue weighted by molar-refractivity contribution is -0.122. The second-order valence-corrected chi connectivity index (χ2v) is 5.16. The van der Waals surface area contributed by atoms with Crippen molar-refractivity contribution < 1.29 is 9.90 Å². The molecule has 4 heteroatoms. The molecule has 0 fully saturated rings. The molecule has 0 aliphatic heterocycles. The largest absolute Gasteiger partial charge is 0.392 e. The lowest BCUT2D eigenvalue weighted by Crippen LogP contribution is -2.44. The fourth-order valence-corrected chi connectivity index (χ4v) is 1.40. The van der Waals surface area contributed by atoms with Crippen molar-refractivity contribution in [1.82, 2.24) is 10.6 Å². The molecule has 90 valence electrons. The Balaban J connectivity index is 3.81. The number of rotatable bonds is 5. The van der Waals surface area contributed by atoms with Crippen molar-refractivity contribution >= 4 is 5.91 Å². The van der Waals surface area contributed by atoms with Crippen LogP contribution in [0.25, 0.3) is 0 Å². The molecule has 0 heterocycles. The minimum absolute atomic E-state index is 0.0574. The number of aliphatic hydroxyl groups excluding tert-OH is 1. The van der Waals surface area contributed by atoms with Gasteiger partial charge in [-0.3, -0.25) is 4.79 Å². The van der Waals surface area contributed by atoms with E-state index < -0.39 is 6.10 Å². The predicted octanol–water partition coefficient (Wildman–Crippen LogP) is 0.508. The third kappa shape index (κ3) is 7.33. The van der Waals surface area contributed by atoms with Crippen LogP contribution < -0.4 is 10.6 Å². The zero-order chi connectivity index (χ0) is 12.1. The minimum atomic E-state index is -0.405. The molecule has 0 spiro atoms. The maximum atomic E-state index is 11.2. The zero-order valence-electron chi connectivity index (χ0n) is 10.4. The van der Waals surface area contributed by atoms with Crippen LogP contribution in [0.3, 0.4) is 0 Å². The molecule has 0 saturated carbocycles. The maximum Gasteiger partial charge on any atom is 0.236 e. The van der Waals surface area contributed by atoms with E-state index in [4.69, 9.17) is 0 Å². The number of carbonyl (C=O) groups excluding carboxylic acids is 1. The fourth-order valence-electron chi connectivity index (χ4n) is 1.40. The molecule has 3 N–H and O–H groups in total. The lowest BCUT2D eigenvalue weighted by atomic mass is 9.89. The summed E-state index contributed by atoms with van der Waals surface area (Å²) in [6.45, 7) is 8.48. The van der Waals surface area contributed by atoms with Crippen LogP contribution in [0, 0.1) is 5.41 Å². The number of aliphatic hydroxyl groups is 1. The standard InChI is InChI=1S/C11H24N2O2/c1-8(10(15)12-5)13-7-9(14)6-11(2,3)4/h8-9,13-14H,6-7H2,1-5H3,(H,12,15). The Labute approximate surface area is 92.4 Å². The van der Waals surface area contributed by atoms with Gasteiger partial charge in [-0.1, -0.05) is 20.8 Å². The van der Waals surface area contributed by atoms with Gasteiger partial charge in [-0.2, -0.15) is 0 Å². The molecular weight excluding hydrogens is 192 g/mol. The summed E-state index contributed by atoms with van der Waals surface area (Å²) < 4.78 is 0. The molecule has 0 aliphatic carbocycles. The normalized spacial score (nSPS) is 15.9. The number of carbonyl (C=O) groups is 1. The third-order valence-electron chi connectivity index (χ3n) is 2.15. The van der Waals surface area contributed by atoms with Crippen LogP contribution in [0.5, 0.6) is 0 Å². The summed E-state index contributed by atoms with van der Waals surface area (Å²) in [5.74, 6) is -0.0574. The van der Waals surface area contributed by atoms with Gasteiger partial charge in [-0.05, 0) is 18.8 Å². The first-order valence-electron chi connectivity index (χ1n) is 5.39.